The highest BCUT2D eigenvalue weighted by atomic mass is 35.5. The number of carbonyl (C=O) groups is 1. The van der Waals surface area contributed by atoms with Gasteiger partial charge in [0.15, 0.2) is 10.8 Å². The molecule has 0 unspecified atom stereocenters. The molecule has 10 heteroatoms. The summed E-state index contributed by atoms with van der Waals surface area (Å²) in [6.07, 6.45) is 1.76. The Morgan fingerprint density at radius 2 is 2.03 bits per heavy atom. The van der Waals surface area contributed by atoms with Gasteiger partial charge in [0.1, 0.15) is 16.8 Å². The van der Waals surface area contributed by atoms with Crippen molar-refractivity contribution in [2.24, 2.45) is 0 Å². The molecule has 29 heavy (non-hydrogen) atoms. The molecule has 0 amide bonds. The molecule has 0 aliphatic rings. The van der Waals surface area contributed by atoms with E-state index in [1.807, 2.05) is 24.3 Å². The van der Waals surface area contributed by atoms with Crippen molar-refractivity contribution in [2.75, 3.05) is 13.7 Å². The second-order valence-corrected chi connectivity index (χ2v) is 6.40. The van der Waals surface area contributed by atoms with Gasteiger partial charge in [0, 0.05) is 6.07 Å². The summed E-state index contributed by atoms with van der Waals surface area (Å²) in [7, 11) is 1.62. The molecule has 0 aliphatic carbocycles. The molecule has 0 spiro atoms. The van der Waals surface area contributed by atoms with Crippen molar-refractivity contribution >= 4 is 28.6 Å². The fraction of sp³-hybridized carbons (Fsp3) is 0.211. The van der Waals surface area contributed by atoms with Crippen LogP contribution in [0.2, 0.25) is 5.15 Å². The molecule has 0 saturated carbocycles. The van der Waals surface area contributed by atoms with Crippen LogP contribution in [0.5, 0.6) is 5.75 Å². The van der Waals surface area contributed by atoms with Crippen LogP contribution in [-0.4, -0.2) is 44.6 Å². The van der Waals surface area contributed by atoms with Crippen molar-refractivity contribution in [3.8, 4) is 17.3 Å². The van der Waals surface area contributed by atoms with Crippen LogP contribution >= 0.6 is 11.6 Å². The van der Waals surface area contributed by atoms with Crippen LogP contribution in [0.3, 0.4) is 0 Å². The smallest absolute Gasteiger partial charge is 0.360 e. The molecule has 0 N–H and O–H groups in total. The summed E-state index contributed by atoms with van der Waals surface area (Å²) >= 11 is 6.29. The van der Waals surface area contributed by atoms with Crippen LogP contribution in [-0.2, 0) is 11.3 Å². The van der Waals surface area contributed by atoms with E-state index in [2.05, 4.69) is 20.2 Å². The number of methoxy groups -OCH3 is 1. The highest BCUT2D eigenvalue weighted by molar-refractivity contribution is 6.33. The second-order valence-electron chi connectivity index (χ2n) is 6.04. The van der Waals surface area contributed by atoms with Gasteiger partial charge in [0.2, 0.25) is 11.6 Å². The third kappa shape index (κ3) is 3.90. The third-order valence-electron chi connectivity index (χ3n) is 4.09. The van der Waals surface area contributed by atoms with E-state index in [0.29, 0.717) is 17.6 Å². The molecule has 0 bridgehead atoms. The van der Waals surface area contributed by atoms with Crippen molar-refractivity contribution in [3.05, 3.63) is 52.9 Å². The van der Waals surface area contributed by atoms with Gasteiger partial charge in [-0.05, 0) is 24.6 Å². The standard InChI is InChI=1S/C19H16ClN5O4/c1-3-28-19(26)13-8-15(29-24-13)18-21-14-10-25(23-16(14)17(20)22-18)9-11-4-6-12(27-2)7-5-11/h4-8,10H,3,9H2,1-2H3. The van der Waals surface area contributed by atoms with Crippen LogP contribution in [0.25, 0.3) is 22.6 Å². The number of nitrogens with zero attached hydrogens (tertiary/aromatic N) is 5. The van der Waals surface area contributed by atoms with Crippen LogP contribution in [0.15, 0.2) is 41.1 Å². The second kappa shape index (κ2) is 7.88. The molecule has 4 rings (SSSR count). The molecule has 3 aromatic heterocycles. The van der Waals surface area contributed by atoms with Crippen molar-refractivity contribution in [3.63, 3.8) is 0 Å². The molecule has 148 valence electrons. The number of fused-ring (bicyclic) bond motifs is 1. The maximum absolute atomic E-state index is 11.8. The number of ether oxygens (including phenoxy) is 2. The van der Waals surface area contributed by atoms with Gasteiger partial charge in [-0.15, -0.1) is 0 Å². The summed E-state index contributed by atoms with van der Waals surface area (Å²) in [5, 5.41) is 8.32. The Kier molecular flexibility index (Phi) is 5.13. The van der Waals surface area contributed by atoms with Crippen LogP contribution in [0, 0.1) is 0 Å². The summed E-state index contributed by atoms with van der Waals surface area (Å²) in [6, 6.07) is 9.09. The van der Waals surface area contributed by atoms with E-state index in [9.17, 15) is 4.79 Å². The normalized spacial score (nSPS) is 11.0. The third-order valence-corrected chi connectivity index (χ3v) is 4.35. The maximum Gasteiger partial charge on any atom is 0.360 e. The number of aromatic nitrogens is 5. The molecule has 0 aliphatic heterocycles. The fourth-order valence-electron chi connectivity index (χ4n) is 2.72. The molecule has 9 nitrogen and oxygen atoms in total. The average molecular weight is 414 g/mol. The van der Waals surface area contributed by atoms with Gasteiger partial charge in [0.05, 0.1) is 26.5 Å². The van der Waals surface area contributed by atoms with Crippen molar-refractivity contribution in [1.82, 2.24) is 24.9 Å². The first-order valence-corrected chi connectivity index (χ1v) is 9.13. The van der Waals surface area contributed by atoms with Crippen molar-refractivity contribution in [1.29, 1.82) is 0 Å². The van der Waals surface area contributed by atoms with Gasteiger partial charge in [-0.1, -0.05) is 28.9 Å². The minimum atomic E-state index is -0.581. The summed E-state index contributed by atoms with van der Waals surface area (Å²) in [5.41, 5.74) is 2.09. The predicted molar refractivity (Wildman–Crippen MR) is 104 cm³/mol. The fourth-order valence-corrected chi connectivity index (χ4v) is 2.93. The first-order valence-electron chi connectivity index (χ1n) is 8.75. The zero-order chi connectivity index (χ0) is 20.4. The van der Waals surface area contributed by atoms with Gasteiger partial charge >= 0.3 is 5.97 Å². The number of carbonyl (C=O) groups excluding carboxylic acids is 1. The molecule has 1 aromatic carbocycles. The quantitative estimate of drug-likeness (QED) is 0.350. The molecule has 0 radical (unpaired) electrons. The Morgan fingerprint density at radius 3 is 2.76 bits per heavy atom. The van der Waals surface area contributed by atoms with E-state index in [0.717, 1.165) is 11.3 Å². The number of halogens is 1. The lowest BCUT2D eigenvalue weighted by atomic mass is 10.2. The topological polar surface area (TPSA) is 105 Å². The van der Waals surface area contributed by atoms with Crippen molar-refractivity contribution in [2.45, 2.75) is 13.5 Å². The number of rotatable bonds is 6. The lowest BCUT2D eigenvalue weighted by Crippen LogP contribution is -2.04. The van der Waals surface area contributed by atoms with Crippen molar-refractivity contribution < 1.29 is 18.8 Å². The van der Waals surface area contributed by atoms with E-state index < -0.39 is 5.97 Å². The monoisotopic (exact) mass is 413 g/mol. The van der Waals surface area contributed by atoms with Gasteiger partial charge in [-0.2, -0.15) is 5.10 Å². The van der Waals surface area contributed by atoms with Crippen LogP contribution < -0.4 is 4.74 Å². The number of esters is 1. The van der Waals surface area contributed by atoms with Gasteiger partial charge < -0.3 is 14.0 Å². The number of hydrogen-bond donors (Lipinski definition) is 0. The molecule has 0 fully saturated rings. The van der Waals surface area contributed by atoms with E-state index >= 15 is 0 Å². The molecule has 3 heterocycles. The highest BCUT2D eigenvalue weighted by Crippen LogP contribution is 2.25. The first-order chi connectivity index (χ1) is 14.1. The number of benzene rings is 1. The molecular formula is C19H16ClN5O4. The minimum Gasteiger partial charge on any atom is -0.497 e. The Morgan fingerprint density at radius 1 is 1.24 bits per heavy atom. The van der Waals surface area contributed by atoms with E-state index in [1.165, 1.54) is 6.07 Å². The summed E-state index contributed by atoms with van der Waals surface area (Å²) in [6.45, 7) is 2.48. The van der Waals surface area contributed by atoms with Gasteiger partial charge in [0.25, 0.3) is 0 Å². The Balaban J connectivity index is 1.62. The predicted octanol–water partition coefficient (Wildman–Crippen LogP) is 3.37. The zero-order valence-corrected chi connectivity index (χ0v) is 16.4. The largest absolute Gasteiger partial charge is 0.497 e. The average Bonchev–Trinajstić information content (AvgIpc) is 3.36. The van der Waals surface area contributed by atoms with Gasteiger partial charge in [-0.25, -0.2) is 14.8 Å². The molecule has 0 atom stereocenters. The van der Waals surface area contributed by atoms with Gasteiger partial charge in [-0.3, -0.25) is 4.68 Å². The van der Waals surface area contributed by atoms with E-state index in [-0.39, 0.29) is 29.0 Å². The Bertz CT molecular complexity index is 1170. The SMILES string of the molecule is CCOC(=O)c1cc(-c2nc(Cl)c3nn(Cc4ccc(OC)cc4)cc3n2)on1. The number of hydrogen-bond acceptors (Lipinski definition) is 8. The molecule has 4 aromatic rings. The van der Waals surface area contributed by atoms with E-state index in [4.69, 9.17) is 25.6 Å². The van der Waals surface area contributed by atoms with Crippen LogP contribution in [0.1, 0.15) is 23.0 Å². The zero-order valence-electron chi connectivity index (χ0n) is 15.6. The summed E-state index contributed by atoms with van der Waals surface area (Å²) < 4.78 is 17.0. The Hall–Kier alpha value is -3.46. The highest BCUT2D eigenvalue weighted by Gasteiger charge is 2.19. The minimum absolute atomic E-state index is 0.0388. The first kappa shape index (κ1) is 18.9. The molecular weight excluding hydrogens is 398 g/mol. The lowest BCUT2D eigenvalue weighted by molar-refractivity contribution is 0.0514. The van der Waals surface area contributed by atoms with Crippen LogP contribution in [0.4, 0.5) is 0 Å². The molecule has 0 saturated heterocycles. The maximum atomic E-state index is 11.8. The summed E-state index contributed by atoms with van der Waals surface area (Å²) in [4.78, 5) is 20.4. The van der Waals surface area contributed by atoms with E-state index in [1.54, 1.807) is 24.9 Å². The Labute approximate surface area is 170 Å². The lowest BCUT2D eigenvalue weighted by Gasteiger charge is -2.03. The summed E-state index contributed by atoms with van der Waals surface area (Å²) in [5.74, 6) is 0.614.